The molecule has 0 radical (unpaired) electrons. The number of benzene rings is 2. The second-order valence-electron chi connectivity index (χ2n) is 5.19. The van der Waals surface area contributed by atoms with Gasteiger partial charge in [-0.15, -0.1) is 0 Å². The molecule has 24 heavy (non-hydrogen) atoms. The van der Waals surface area contributed by atoms with Gasteiger partial charge in [-0.05, 0) is 24.3 Å². The predicted molar refractivity (Wildman–Crippen MR) is 87.5 cm³/mol. The Bertz CT molecular complexity index is 1000. The molecule has 2 aromatic carbocycles. The zero-order valence-corrected chi connectivity index (χ0v) is 13.0. The molecule has 1 heterocycles. The maximum atomic E-state index is 13.3. The number of aromatic amines is 1. The Kier molecular flexibility index (Phi) is 4.15. The molecule has 3 aromatic rings. The number of nitrogens with one attached hydrogen (secondary N) is 1. The number of fused-ring (bicyclic) bond motifs is 1. The molecule has 1 atom stereocenters. The summed E-state index contributed by atoms with van der Waals surface area (Å²) in [4.78, 5) is 27.9. The number of nitriles is 1. The van der Waals surface area contributed by atoms with Crippen LogP contribution in [-0.4, -0.2) is 16.6 Å². The van der Waals surface area contributed by atoms with E-state index in [2.05, 4.69) is 4.98 Å². The summed E-state index contributed by atoms with van der Waals surface area (Å²) in [5.74, 6) is -3.51. The monoisotopic (exact) mass is 340 g/mol. The van der Waals surface area contributed by atoms with E-state index >= 15 is 0 Å². The van der Waals surface area contributed by atoms with Gasteiger partial charge in [0.15, 0.2) is 17.5 Å². The number of halogens is 2. The van der Waals surface area contributed by atoms with Crippen molar-refractivity contribution in [3.05, 3.63) is 70.6 Å². The van der Waals surface area contributed by atoms with Crippen molar-refractivity contribution >= 4 is 34.1 Å². The summed E-state index contributed by atoms with van der Waals surface area (Å²) in [6, 6.07) is 11.5. The fourth-order valence-electron chi connectivity index (χ4n) is 2.50. The SMILES string of the molecule is N#C[C@H](C(=O)c1cccc(F)c1)C(=O)c1c[nH]c2cc(Cl)ccc12. The summed E-state index contributed by atoms with van der Waals surface area (Å²) in [5.41, 5.74) is 0.830. The number of hydrogen-bond acceptors (Lipinski definition) is 3. The smallest absolute Gasteiger partial charge is 0.190 e. The quantitative estimate of drug-likeness (QED) is 0.572. The lowest BCUT2D eigenvalue weighted by atomic mass is 9.91. The van der Waals surface area contributed by atoms with Crippen LogP contribution in [0, 0.1) is 23.1 Å². The highest BCUT2D eigenvalue weighted by Gasteiger charge is 2.30. The highest BCUT2D eigenvalue weighted by molar-refractivity contribution is 6.31. The summed E-state index contributed by atoms with van der Waals surface area (Å²) >= 11 is 5.90. The molecule has 0 bridgehead atoms. The van der Waals surface area contributed by atoms with Crippen molar-refractivity contribution < 1.29 is 14.0 Å². The van der Waals surface area contributed by atoms with Crippen molar-refractivity contribution in [3.8, 4) is 6.07 Å². The van der Waals surface area contributed by atoms with Gasteiger partial charge in [0.05, 0.1) is 6.07 Å². The molecule has 0 spiro atoms. The first kappa shape index (κ1) is 15.9. The number of nitrogens with zero attached hydrogens (tertiary/aromatic N) is 1. The first-order valence-corrected chi connectivity index (χ1v) is 7.39. The van der Waals surface area contributed by atoms with Crippen LogP contribution < -0.4 is 0 Å². The predicted octanol–water partition coefficient (Wildman–Crippen LogP) is 4.17. The lowest BCUT2D eigenvalue weighted by Gasteiger charge is -2.07. The summed E-state index contributed by atoms with van der Waals surface area (Å²) in [5, 5.41) is 10.4. The number of carbonyl (C=O) groups excluding carboxylic acids is 2. The Labute approximate surface area is 141 Å². The zero-order valence-electron chi connectivity index (χ0n) is 12.2. The van der Waals surface area contributed by atoms with Gasteiger partial charge in [0, 0.05) is 33.2 Å². The second kappa shape index (κ2) is 6.26. The molecule has 0 saturated carbocycles. The number of aromatic nitrogens is 1. The topological polar surface area (TPSA) is 73.7 Å². The van der Waals surface area contributed by atoms with Gasteiger partial charge >= 0.3 is 0 Å². The maximum absolute atomic E-state index is 13.3. The third-order valence-electron chi connectivity index (χ3n) is 3.67. The lowest BCUT2D eigenvalue weighted by Crippen LogP contribution is -2.23. The number of hydrogen-bond donors (Lipinski definition) is 1. The van der Waals surface area contributed by atoms with Crippen molar-refractivity contribution in [3.63, 3.8) is 0 Å². The number of ketones is 2. The largest absolute Gasteiger partial charge is 0.360 e. The van der Waals surface area contributed by atoms with Gasteiger partial charge in [-0.2, -0.15) is 5.26 Å². The van der Waals surface area contributed by atoms with E-state index in [4.69, 9.17) is 11.6 Å². The summed E-state index contributed by atoms with van der Waals surface area (Å²) in [6.07, 6.45) is 1.44. The van der Waals surface area contributed by atoms with Crippen LogP contribution in [0.2, 0.25) is 5.02 Å². The fraction of sp³-hybridized carbons (Fsp3) is 0.0556. The van der Waals surface area contributed by atoms with Crippen LogP contribution in [0.4, 0.5) is 4.39 Å². The lowest BCUT2D eigenvalue weighted by molar-refractivity contribution is 0.0846. The van der Waals surface area contributed by atoms with E-state index in [1.54, 1.807) is 24.3 Å². The summed E-state index contributed by atoms with van der Waals surface area (Å²) < 4.78 is 13.3. The molecule has 0 aliphatic rings. The first-order valence-electron chi connectivity index (χ1n) is 7.01. The molecule has 0 amide bonds. The molecule has 0 saturated heterocycles. The third kappa shape index (κ3) is 2.80. The molecule has 1 aromatic heterocycles. The minimum atomic E-state index is -1.54. The van der Waals surface area contributed by atoms with Crippen LogP contribution in [0.5, 0.6) is 0 Å². The van der Waals surface area contributed by atoms with Crippen molar-refractivity contribution in [2.45, 2.75) is 0 Å². The average molecular weight is 341 g/mol. The van der Waals surface area contributed by atoms with Crippen LogP contribution in [0.3, 0.4) is 0 Å². The Balaban J connectivity index is 2.00. The Morgan fingerprint density at radius 2 is 1.96 bits per heavy atom. The summed E-state index contributed by atoms with van der Waals surface area (Å²) in [6.45, 7) is 0. The molecule has 118 valence electrons. The zero-order chi connectivity index (χ0) is 17.3. The highest BCUT2D eigenvalue weighted by atomic mass is 35.5. The number of H-pyrrole nitrogens is 1. The molecule has 0 aliphatic carbocycles. The Hall–Kier alpha value is -2.97. The Morgan fingerprint density at radius 3 is 2.67 bits per heavy atom. The van der Waals surface area contributed by atoms with Crippen LogP contribution >= 0.6 is 11.6 Å². The van der Waals surface area contributed by atoms with E-state index in [-0.39, 0.29) is 11.1 Å². The van der Waals surface area contributed by atoms with Gasteiger partial charge in [0.25, 0.3) is 0 Å². The van der Waals surface area contributed by atoms with Crippen LogP contribution in [0.1, 0.15) is 20.7 Å². The van der Waals surface area contributed by atoms with Gasteiger partial charge in [-0.3, -0.25) is 9.59 Å². The van der Waals surface area contributed by atoms with Crippen LogP contribution in [-0.2, 0) is 0 Å². The summed E-state index contributed by atoms with van der Waals surface area (Å²) in [7, 11) is 0. The normalized spacial score (nSPS) is 11.9. The third-order valence-corrected chi connectivity index (χ3v) is 3.91. The van der Waals surface area contributed by atoms with Gasteiger partial charge in [-0.25, -0.2) is 4.39 Å². The standard InChI is InChI=1S/C18H10ClFN2O2/c19-11-4-5-13-15(9-22-16(13)7-11)18(24)14(8-21)17(23)10-2-1-3-12(20)6-10/h1-7,9,14,22H/t14-/m1/s1. The molecule has 1 N–H and O–H groups in total. The van der Waals surface area contributed by atoms with E-state index in [0.29, 0.717) is 15.9 Å². The molecular weight excluding hydrogens is 331 g/mol. The first-order chi connectivity index (χ1) is 11.5. The van der Waals surface area contributed by atoms with Gasteiger partial charge in [0.2, 0.25) is 0 Å². The minimum Gasteiger partial charge on any atom is -0.360 e. The van der Waals surface area contributed by atoms with E-state index < -0.39 is 23.3 Å². The molecule has 4 nitrogen and oxygen atoms in total. The van der Waals surface area contributed by atoms with E-state index in [9.17, 15) is 19.2 Å². The average Bonchev–Trinajstić information content (AvgIpc) is 2.98. The van der Waals surface area contributed by atoms with Gasteiger partial charge < -0.3 is 4.98 Å². The molecular formula is C18H10ClFN2O2. The van der Waals surface area contributed by atoms with Gasteiger partial charge in [-0.1, -0.05) is 29.8 Å². The van der Waals surface area contributed by atoms with Crippen LogP contribution in [0.15, 0.2) is 48.7 Å². The molecule has 0 unspecified atom stereocenters. The van der Waals surface area contributed by atoms with Crippen molar-refractivity contribution in [2.24, 2.45) is 5.92 Å². The van der Waals surface area contributed by atoms with Crippen molar-refractivity contribution in [1.29, 1.82) is 5.26 Å². The molecule has 6 heteroatoms. The van der Waals surface area contributed by atoms with E-state index in [0.717, 1.165) is 6.07 Å². The molecule has 0 fully saturated rings. The van der Waals surface area contributed by atoms with Gasteiger partial charge in [0.1, 0.15) is 5.82 Å². The minimum absolute atomic E-state index is 0.0159. The Morgan fingerprint density at radius 1 is 1.17 bits per heavy atom. The van der Waals surface area contributed by atoms with E-state index in [1.807, 2.05) is 0 Å². The second-order valence-corrected chi connectivity index (χ2v) is 5.63. The number of carbonyl (C=O) groups is 2. The number of Topliss-reactive ketones (excluding diaryl/α,β-unsaturated/α-hetero) is 2. The molecule has 0 aliphatic heterocycles. The van der Waals surface area contributed by atoms with Crippen molar-refractivity contribution in [2.75, 3.05) is 0 Å². The fourth-order valence-corrected chi connectivity index (χ4v) is 2.67. The highest BCUT2D eigenvalue weighted by Crippen LogP contribution is 2.25. The molecule has 3 rings (SSSR count). The number of rotatable bonds is 4. The van der Waals surface area contributed by atoms with E-state index in [1.165, 1.54) is 24.4 Å². The maximum Gasteiger partial charge on any atom is 0.190 e. The van der Waals surface area contributed by atoms with Crippen molar-refractivity contribution in [1.82, 2.24) is 4.98 Å². The van der Waals surface area contributed by atoms with Crippen LogP contribution in [0.25, 0.3) is 10.9 Å².